The number of ether oxygens (including phenoxy) is 1. The predicted molar refractivity (Wildman–Crippen MR) is 129 cm³/mol. The fraction of sp³-hybridized carbons (Fsp3) is 0.240. The number of anilines is 1. The zero-order chi connectivity index (χ0) is 21.6. The second-order valence-electron chi connectivity index (χ2n) is 7.72. The Morgan fingerprint density at radius 2 is 1.74 bits per heavy atom. The number of benzene rings is 3. The van der Waals surface area contributed by atoms with E-state index in [1.54, 1.807) is 18.2 Å². The molecule has 0 unspecified atom stereocenters. The number of hydrogen-bond acceptors (Lipinski definition) is 3. The summed E-state index contributed by atoms with van der Waals surface area (Å²) in [4.78, 5) is 15.4. The van der Waals surface area contributed by atoms with Crippen molar-refractivity contribution >= 4 is 39.1 Å². The standard InChI is InChI=1S/C25H24BrClN2O2/c26-20-8-6-18(7-9-20)17-29-14-12-19(13-15-29)25(30)28-23-16-21(27)10-11-24(23)31-22-4-2-1-3-5-22/h1-11,16,19H,12-15,17H2,(H,28,30). The second-order valence-corrected chi connectivity index (χ2v) is 9.07. The summed E-state index contributed by atoms with van der Waals surface area (Å²) in [5.41, 5.74) is 1.88. The predicted octanol–water partition coefficient (Wildman–Crippen LogP) is 6.75. The summed E-state index contributed by atoms with van der Waals surface area (Å²) in [6, 6.07) is 23.2. The van der Waals surface area contributed by atoms with Gasteiger partial charge in [-0.15, -0.1) is 0 Å². The maximum atomic E-state index is 13.0. The van der Waals surface area contributed by atoms with Gasteiger partial charge in [0.1, 0.15) is 5.75 Å². The fourth-order valence-electron chi connectivity index (χ4n) is 3.74. The lowest BCUT2D eigenvalue weighted by atomic mass is 9.95. The lowest BCUT2D eigenvalue weighted by molar-refractivity contribution is -0.121. The van der Waals surface area contributed by atoms with Gasteiger partial charge in [0.15, 0.2) is 5.75 Å². The van der Waals surface area contributed by atoms with Crippen LogP contribution in [0.5, 0.6) is 11.5 Å². The van der Waals surface area contributed by atoms with Gasteiger partial charge in [-0.25, -0.2) is 0 Å². The minimum absolute atomic E-state index is 0.0171. The average Bonchev–Trinajstić information content (AvgIpc) is 2.78. The Morgan fingerprint density at radius 1 is 1.03 bits per heavy atom. The third-order valence-electron chi connectivity index (χ3n) is 5.45. The molecule has 6 heteroatoms. The van der Waals surface area contributed by atoms with Gasteiger partial charge in [0.05, 0.1) is 5.69 Å². The number of nitrogens with zero attached hydrogens (tertiary/aromatic N) is 1. The van der Waals surface area contributed by atoms with Crippen LogP contribution < -0.4 is 10.1 Å². The molecule has 3 aromatic rings. The van der Waals surface area contributed by atoms with Crippen molar-refractivity contribution in [2.45, 2.75) is 19.4 Å². The summed E-state index contributed by atoms with van der Waals surface area (Å²) in [7, 11) is 0. The van der Waals surface area contributed by atoms with Crippen LogP contribution in [-0.2, 0) is 11.3 Å². The van der Waals surface area contributed by atoms with Crippen LogP contribution in [-0.4, -0.2) is 23.9 Å². The summed E-state index contributed by atoms with van der Waals surface area (Å²) >= 11 is 9.65. The van der Waals surface area contributed by atoms with Crippen LogP contribution in [0, 0.1) is 5.92 Å². The summed E-state index contributed by atoms with van der Waals surface area (Å²) < 4.78 is 7.05. The van der Waals surface area contributed by atoms with E-state index in [-0.39, 0.29) is 11.8 Å². The average molecular weight is 500 g/mol. The van der Waals surface area contributed by atoms with Crippen molar-refractivity contribution in [3.05, 3.63) is 87.9 Å². The molecular formula is C25H24BrClN2O2. The van der Waals surface area contributed by atoms with Crippen LogP contribution in [0.1, 0.15) is 18.4 Å². The van der Waals surface area contributed by atoms with Crippen molar-refractivity contribution in [2.75, 3.05) is 18.4 Å². The molecule has 1 aliphatic heterocycles. The van der Waals surface area contributed by atoms with Gasteiger partial charge in [0.2, 0.25) is 5.91 Å². The smallest absolute Gasteiger partial charge is 0.227 e. The van der Waals surface area contributed by atoms with Crippen LogP contribution in [0.2, 0.25) is 5.02 Å². The maximum absolute atomic E-state index is 13.0. The molecule has 0 spiro atoms. The molecule has 0 atom stereocenters. The number of rotatable bonds is 6. The van der Waals surface area contributed by atoms with Crippen LogP contribution in [0.4, 0.5) is 5.69 Å². The molecule has 0 aliphatic carbocycles. The van der Waals surface area contributed by atoms with Crippen molar-refractivity contribution in [1.82, 2.24) is 4.90 Å². The molecule has 1 saturated heterocycles. The van der Waals surface area contributed by atoms with Crippen molar-refractivity contribution in [3.63, 3.8) is 0 Å². The van der Waals surface area contributed by atoms with Gasteiger partial charge in [-0.3, -0.25) is 9.69 Å². The number of carbonyl (C=O) groups excluding carboxylic acids is 1. The van der Waals surface area contributed by atoms with Gasteiger partial charge in [-0.05, 0) is 74.0 Å². The first-order chi connectivity index (χ1) is 15.1. The molecule has 31 heavy (non-hydrogen) atoms. The third kappa shape index (κ3) is 6.10. The Bertz CT molecular complexity index is 1020. The van der Waals surface area contributed by atoms with Gasteiger partial charge >= 0.3 is 0 Å². The number of hydrogen-bond donors (Lipinski definition) is 1. The van der Waals surface area contributed by atoms with Crippen LogP contribution in [0.3, 0.4) is 0 Å². The number of piperidine rings is 1. The monoisotopic (exact) mass is 498 g/mol. The number of likely N-dealkylation sites (tertiary alicyclic amines) is 1. The van der Waals surface area contributed by atoms with Crippen molar-refractivity contribution in [3.8, 4) is 11.5 Å². The quantitative estimate of drug-likeness (QED) is 0.408. The molecule has 0 saturated carbocycles. The van der Waals surface area contributed by atoms with Crippen molar-refractivity contribution in [2.24, 2.45) is 5.92 Å². The summed E-state index contributed by atoms with van der Waals surface area (Å²) in [6.07, 6.45) is 1.66. The molecule has 0 aromatic heterocycles. The molecule has 160 valence electrons. The van der Waals surface area contributed by atoms with E-state index in [4.69, 9.17) is 16.3 Å². The van der Waals surface area contributed by atoms with Crippen LogP contribution in [0.25, 0.3) is 0 Å². The minimum Gasteiger partial charge on any atom is -0.455 e. The Kier molecular flexibility index (Phi) is 7.28. The Balaban J connectivity index is 1.35. The van der Waals surface area contributed by atoms with Crippen LogP contribution in [0.15, 0.2) is 77.3 Å². The highest BCUT2D eigenvalue weighted by atomic mass is 79.9. The summed E-state index contributed by atoms with van der Waals surface area (Å²) in [5, 5.41) is 3.60. The van der Waals surface area contributed by atoms with E-state index in [1.165, 1.54) is 5.56 Å². The molecule has 4 rings (SSSR count). The lowest BCUT2D eigenvalue weighted by Crippen LogP contribution is -2.37. The van der Waals surface area contributed by atoms with E-state index >= 15 is 0 Å². The van der Waals surface area contributed by atoms with E-state index in [0.717, 1.165) is 36.9 Å². The zero-order valence-electron chi connectivity index (χ0n) is 17.1. The summed E-state index contributed by atoms with van der Waals surface area (Å²) in [6.45, 7) is 2.71. The van der Waals surface area contributed by atoms with Crippen molar-refractivity contribution < 1.29 is 9.53 Å². The highest BCUT2D eigenvalue weighted by Crippen LogP contribution is 2.33. The first-order valence-electron chi connectivity index (χ1n) is 10.4. The molecule has 0 radical (unpaired) electrons. The highest BCUT2D eigenvalue weighted by Gasteiger charge is 2.25. The molecule has 1 aliphatic rings. The first-order valence-corrected chi connectivity index (χ1v) is 11.5. The molecule has 4 nitrogen and oxygen atoms in total. The lowest BCUT2D eigenvalue weighted by Gasteiger charge is -2.31. The van der Waals surface area contributed by atoms with Crippen LogP contribution >= 0.6 is 27.5 Å². The Hall–Kier alpha value is -2.34. The zero-order valence-corrected chi connectivity index (χ0v) is 19.4. The fourth-order valence-corrected chi connectivity index (χ4v) is 4.18. The molecule has 1 heterocycles. The molecular weight excluding hydrogens is 476 g/mol. The largest absolute Gasteiger partial charge is 0.455 e. The molecule has 3 aromatic carbocycles. The van der Waals surface area contributed by atoms with E-state index in [1.807, 2.05) is 30.3 Å². The molecule has 1 fully saturated rings. The number of para-hydroxylation sites is 1. The topological polar surface area (TPSA) is 41.6 Å². The van der Waals surface area contributed by atoms with E-state index in [9.17, 15) is 4.79 Å². The Morgan fingerprint density at radius 3 is 2.45 bits per heavy atom. The Labute approximate surface area is 196 Å². The highest BCUT2D eigenvalue weighted by molar-refractivity contribution is 9.10. The maximum Gasteiger partial charge on any atom is 0.227 e. The second kappa shape index (κ2) is 10.3. The van der Waals surface area contributed by atoms with Crippen molar-refractivity contribution in [1.29, 1.82) is 0 Å². The van der Waals surface area contributed by atoms with E-state index in [0.29, 0.717) is 22.2 Å². The third-order valence-corrected chi connectivity index (χ3v) is 6.21. The van der Waals surface area contributed by atoms with E-state index < -0.39 is 0 Å². The SMILES string of the molecule is O=C(Nc1cc(Cl)ccc1Oc1ccccc1)C1CCN(Cc2ccc(Br)cc2)CC1. The molecule has 1 amide bonds. The molecule has 0 bridgehead atoms. The van der Waals surface area contributed by atoms with Gasteiger partial charge < -0.3 is 10.1 Å². The van der Waals surface area contributed by atoms with Gasteiger partial charge in [0.25, 0.3) is 0 Å². The first kappa shape index (κ1) is 21.9. The van der Waals surface area contributed by atoms with Gasteiger partial charge in [0, 0.05) is 22.0 Å². The number of carbonyl (C=O) groups is 1. The molecule has 1 N–H and O–H groups in total. The number of nitrogens with one attached hydrogen (secondary N) is 1. The normalized spacial score (nSPS) is 14.9. The van der Waals surface area contributed by atoms with Gasteiger partial charge in [-0.2, -0.15) is 0 Å². The van der Waals surface area contributed by atoms with Gasteiger partial charge in [-0.1, -0.05) is 57.9 Å². The van der Waals surface area contributed by atoms with E-state index in [2.05, 4.69) is 50.4 Å². The number of halogens is 2. The number of amides is 1. The summed E-state index contributed by atoms with van der Waals surface area (Å²) in [5.74, 6) is 1.28. The minimum atomic E-state index is -0.0234.